The first-order chi connectivity index (χ1) is 9.24. The van der Waals surface area contributed by atoms with Crippen molar-refractivity contribution >= 4 is 29.3 Å². The van der Waals surface area contributed by atoms with E-state index >= 15 is 0 Å². The highest BCUT2D eigenvalue weighted by molar-refractivity contribution is 8.07. The molecule has 1 aromatic heterocycles. The molecular formula is C14H23N3S2. The number of hydrogen-bond donors (Lipinski definition) is 2. The second-order valence-corrected chi connectivity index (χ2v) is 7.59. The number of nitrogens with one attached hydrogen (secondary N) is 1. The third-order valence-corrected chi connectivity index (χ3v) is 6.58. The van der Waals surface area contributed by atoms with Crippen LogP contribution in [0.15, 0.2) is 18.3 Å². The van der Waals surface area contributed by atoms with E-state index in [2.05, 4.69) is 53.7 Å². The van der Waals surface area contributed by atoms with Gasteiger partial charge < -0.3 is 11.1 Å². The largest absolute Gasteiger partial charge is 0.383 e. The van der Waals surface area contributed by atoms with Crippen LogP contribution in [0.25, 0.3) is 0 Å². The molecule has 1 saturated heterocycles. The summed E-state index contributed by atoms with van der Waals surface area (Å²) in [6, 6.07) is 4.40. The molecule has 0 amide bonds. The minimum atomic E-state index is 0.307. The fourth-order valence-corrected chi connectivity index (χ4v) is 5.35. The molecule has 19 heavy (non-hydrogen) atoms. The minimum absolute atomic E-state index is 0.307. The molecule has 3 unspecified atom stereocenters. The molecule has 1 aliphatic rings. The number of anilines is 1. The van der Waals surface area contributed by atoms with Crippen molar-refractivity contribution in [2.75, 3.05) is 23.8 Å². The Bertz CT molecular complexity index is 400. The molecule has 1 aromatic rings. The van der Waals surface area contributed by atoms with E-state index in [1.54, 1.807) is 6.20 Å². The predicted molar refractivity (Wildman–Crippen MR) is 87.9 cm³/mol. The van der Waals surface area contributed by atoms with Crippen LogP contribution in [0, 0.1) is 0 Å². The Kier molecular flexibility index (Phi) is 5.85. The van der Waals surface area contributed by atoms with Crippen LogP contribution in [-0.4, -0.2) is 33.5 Å². The molecule has 1 aliphatic heterocycles. The number of nitrogens with two attached hydrogens (primary N) is 1. The van der Waals surface area contributed by atoms with Crippen LogP contribution in [0.4, 0.5) is 5.82 Å². The van der Waals surface area contributed by atoms with Gasteiger partial charge in [-0.15, -0.1) is 0 Å². The first-order valence-corrected chi connectivity index (χ1v) is 9.00. The molecule has 3 N–H and O–H groups in total. The molecule has 2 heterocycles. The topological polar surface area (TPSA) is 50.9 Å². The van der Waals surface area contributed by atoms with Gasteiger partial charge in [-0.05, 0) is 19.0 Å². The summed E-state index contributed by atoms with van der Waals surface area (Å²) in [6.45, 7) is 5.55. The fourth-order valence-electron chi connectivity index (χ4n) is 2.41. The highest BCUT2D eigenvalue weighted by Crippen LogP contribution is 2.39. The maximum Gasteiger partial charge on any atom is 0.128 e. The lowest BCUT2D eigenvalue weighted by molar-refractivity contribution is 0.509. The highest BCUT2D eigenvalue weighted by atomic mass is 32.2. The lowest BCUT2D eigenvalue weighted by Gasteiger charge is -2.35. The SMILES string of the molecule is CCCNC(c1cccnc1N)C1SCCSC1C. The third-order valence-electron chi connectivity index (χ3n) is 3.39. The number of aromatic nitrogens is 1. The molecule has 3 atom stereocenters. The summed E-state index contributed by atoms with van der Waals surface area (Å²) >= 11 is 4.13. The second-order valence-electron chi connectivity index (χ2n) is 4.82. The van der Waals surface area contributed by atoms with Gasteiger partial charge in [0, 0.05) is 39.8 Å². The van der Waals surface area contributed by atoms with E-state index in [4.69, 9.17) is 5.73 Å². The molecule has 0 saturated carbocycles. The van der Waals surface area contributed by atoms with Gasteiger partial charge in [-0.2, -0.15) is 23.5 Å². The van der Waals surface area contributed by atoms with Crippen LogP contribution in [0.3, 0.4) is 0 Å². The van der Waals surface area contributed by atoms with Crippen LogP contribution in [-0.2, 0) is 0 Å². The van der Waals surface area contributed by atoms with E-state index in [0.29, 0.717) is 22.4 Å². The van der Waals surface area contributed by atoms with Gasteiger partial charge in [0.2, 0.25) is 0 Å². The summed E-state index contributed by atoms with van der Waals surface area (Å²) in [5.41, 5.74) is 7.23. The van der Waals surface area contributed by atoms with Gasteiger partial charge in [-0.3, -0.25) is 0 Å². The second kappa shape index (κ2) is 7.41. The standard InChI is InChI=1S/C14H23N3S2/c1-3-6-16-12(11-5-4-7-17-14(11)15)13-10(2)18-8-9-19-13/h4-5,7,10,12-13,16H,3,6,8-9H2,1-2H3,(H2,15,17). The summed E-state index contributed by atoms with van der Waals surface area (Å²) in [7, 11) is 0. The zero-order valence-electron chi connectivity index (χ0n) is 11.6. The van der Waals surface area contributed by atoms with Crippen molar-refractivity contribution in [1.82, 2.24) is 10.3 Å². The van der Waals surface area contributed by atoms with Crippen LogP contribution < -0.4 is 11.1 Å². The van der Waals surface area contributed by atoms with Gasteiger partial charge in [0.25, 0.3) is 0 Å². The zero-order chi connectivity index (χ0) is 13.7. The number of nitrogen functional groups attached to an aromatic ring is 1. The van der Waals surface area contributed by atoms with Crippen molar-refractivity contribution in [3.05, 3.63) is 23.9 Å². The predicted octanol–water partition coefficient (Wildman–Crippen LogP) is 2.94. The normalized spacial score (nSPS) is 25.2. The van der Waals surface area contributed by atoms with Gasteiger partial charge in [-0.1, -0.05) is 19.9 Å². The average Bonchev–Trinajstić information content (AvgIpc) is 2.42. The summed E-state index contributed by atoms with van der Waals surface area (Å²) in [5.74, 6) is 3.15. The van der Waals surface area contributed by atoms with E-state index in [9.17, 15) is 0 Å². The van der Waals surface area contributed by atoms with Crippen molar-refractivity contribution < 1.29 is 0 Å². The van der Waals surface area contributed by atoms with Gasteiger partial charge in [0.05, 0.1) is 0 Å². The van der Waals surface area contributed by atoms with Crippen molar-refractivity contribution in [3.8, 4) is 0 Å². The summed E-state index contributed by atoms with van der Waals surface area (Å²) in [5, 5.41) is 4.89. The Balaban J connectivity index is 2.22. The van der Waals surface area contributed by atoms with Crippen LogP contribution in [0.2, 0.25) is 0 Å². The molecular weight excluding hydrogens is 274 g/mol. The molecule has 1 fully saturated rings. The van der Waals surface area contributed by atoms with E-state index < -0.39 is 0 Å². The van der Waals surface area contributed by atoms with Crippen LogP contribution in [0.5, 0.6) is 0 Å². The molecule has 2 rings (SSSR count). The summed E-state index contributed by atoms with van der Waals surface area (Å²) in [4.78, 5) is 4.25. The van der Waals surface area contributed by atoms with Crippen molar-refractivity contribution in [1.29, 1.82) is 0 Å². The maximum atomic E-state index is 6.08. The Hall–Kier alpha value is -0.390. The Labute approximate surface area is 124 Å². The van der Waals surface area contributed by atoms with Gasteiger partial charge >= 0.3 is 0 Å². The van der Waals surface area contributed by atoms with Crippen molar-refractivity contribution in [2.45, 2.75) is 36.8 Å². The number of rotatable bonds is 5. The van der Waals surface area contributed by atoms with Gasteiger partial charge in [0.1, 0.15) is 5.82 Å². The van der Waals surface area contributed by atoms with Crippen molar-refractivity contribution in [2.24, 2.45) is 0 Å². The van der Waals surface area contributed by atoms with E-state index in [1.165, 1.54) is 11.5 Å². The first-order valence-electron chi connectivity index (χ1n) is 6.91. The average molecular weight is 297 g/mol. The molecule has 106 valence electrons. The summed E-state index contributed by atoms with van der Waals surface area (Å²) in [6.07, 6.45) is 2.90. The Morgan fingerprint density at radius 3 is 2.95 bits per heavy atom. The molecule has 0 spiro atoms. The van der Waals surface area contributed by atoms with Gasteiger partial charge in [-0.25, -0.2) is 4.98 Å². The molecule has 3 nitrogen and oxygen atoms in total. The third kappa shape index (κ3) is 3.80. The van der Waals surface area contributed by atoms with E-state index in [0.717, 1.165) is 18.5 Å². The van der Waals surface area contributed by atoms with Crippen molar-refractivity contribution in [3.63, 3.8) is 0 Å². The number of hydrogen-bond acceptors (Lipinski definition) is 5. The van der Waals surface area contributed by atoms with Crippen LogP contribution >= 0.6 is 23.5 Å². The molecule has 0 aliphatic carbocycles. The lowest BCUT2D eigenvalue weighted by Crippen LogP contribution is -2.38. The number of pyridine rings is 1. The minimum Gasteiger partial charge on any atom is -0.383 e. The first kappa shape index (κ1) is 15.0. The molecule has 5 heteroatoms. The summed E-state index contributed by atoms with van der Waals surface area (Å²) < 4.78 is 0. The molecule has 0 aromatic carbocycles. The fraction of sp³-hybridized carbons (Fsp3) is 0.643. The highest BCUT2D eigenvalue weighted by Gasteiger charge is 2.32. The smallest absolute Gasteiger partial charge is 0.128 e. The van der Waals surface area contributed by atoms with E-state index in [-0.39, 0.29) is 0 Å². The quantitative estimate of drug-likeness (QED) is 0.875. The van der Waals surface area contributed by atoms with E-state index in [1.807, 2.05) is 6.07 Å². The Morgan fingerprint density at radius 2 is 2.26 bits per heavy atom. The number of nitrogens with zero attached hydrogens (tertiary/aromatic N) is 1. The lowest BCUT2D eigenvalue weighted by atomic mass is 10.0. The monoisotopic (exact) mass is 297 g/mol. The zero-order valence-corrected chi connectivity index (χ0v) is 13.3. The molecule has 0 radical (unpaired) electrons. The van der Waals surface area contributed by atoms with Crippen LogP contribution in [0.1, 0.15) is 31.9 Å². The maximum absolute atomic E-state index is 6.08. The Morgan fingerprint density at radius 1 is 1.47 bits per heavy atom. The molecule has 0 bridgehead atoms. The van der Waals surface area contributed by atoms with Gasteiger partial charge in [0.15, 0.2) is 0 Å². The number of thioether (sulfide) groups is 2.